The minimum atomic E-state index is -0.741. The fraction of sp³-hybridized carbons (Fsp3) is 0.333. The maximum atomic E-state index is 12.1. The molecule has 1 unspecified atom stereocenters. The van der Waals surface area contributed by atoms with E-state index in [1.807, 2.05) is 30.3 Å². The van der Waals surface area contributed by atoms with Gasteiger partial charge < -0.3 is 15.4 Å². The van der Waals surface area contributed by atoms with Crippen molar-refractivity contribution in [3.8, 4) is 6.07 Å². The van der Waals surface area contributed by atoms with Gasteiger partial charge in [-0.15, -0.1) is 0 Å². The molecule has 0 spiro atoms. The molecule has 0 aliphatic carbocycles. The fourth-order valence-electron chi connectivity index (χ4n) is 2.02. The number of hydrogen-bond acceptors (Lipinski definition) is 4. The average Bonchev–Trinajstić information content (AvgIpc) is 2.96. The van der Waals surface area contributed by atoms with Gasteiger partial charge in [0.25, 0.3) is 0 Å². The van der Waals surface area contributed by atoms with Crippen LogP contribution in [0.1, 0.15) is 5.56 Å². The minimum Gasteiger partial charge on any atom is -0.375 e. The number of nitrogens with two attached hydrogens (primary N) is 1. The van der Waals surface area contributed by atoms with Gasteiger partial charge in [0.2, 0.25) is 5.91 Å². The van der Waals surface area contributed by atoms with Crippen molar-refractivity contribution in [2.45, 2.75) is 18.7 Å². The largest absolute Gasteiger partial charge is 0.375 e. The van der Waals surface area contributed by atoms with Gasteiger partial charge in [-0.05, 0) is 11.6 Å². The number of hydrogen-bond donors (Lipinski definition) is 1. The van der Waals surface area contributed by atoms with E-state index in [-0.39, 0.29) is 12.5 Å². The molecule has 1 aliphatic rings. The van der Waals surface area contributed by atoms with Gasteiger partial charge in [0.05, 0.1) is 19.3 Å². The predicted octanol–water partition coefficient (Wildman–Crippen LogP) is 0.821. The molecule has 5 heteroatoms. The lowest BCUT2D eigenvalue weighted by Gasteiger charge is -2.23. The van der Waals surface area contributed by atoms with Gasteiger partial charge >= 0.3 is 0 Å². The Morgan fingerprint density at radius 1 is 1.50 bits per heavy atom. The number of nitrogens with zero attached hydrogens (tertiary/aromatic N) is 2. The second kappa shape index (κ2) is 6.85. The average molecular weight is 271 g/mol. The minimum absolute atomic E-state index is 0.141. The molecule has 1 aromatic carbocycles. The summed E-state index contributed by atoms with van der Waals surface area (Å²) in [7, 11) is 0. The van der Waals surface area contributed by atoms with E-state index in [4.69, 9.17) is 15.7 Å². The number of ether oxygens (including phenoxy) is 1. The van der Waals surface area contributed by atoms with Crippen molar-refractivity contribution in [1.29, 1.82) is 5.26 Å². The van der Waals surface area contributed by atoms with E-state index in [9.17, 15) is 4.79 Å². The Labute approximate surface area is 118 Å². The number of rotatable bonds is 5. The van der Waals surface area contributed by atoms with Crippen LogP contribution in [0.15, 0.2) is 42.5 Å². The Morgan fingerprint density at radius 2 is 2.25 bits per heavy atom. The van der Waals surface area contributed by atoms with Crippen LogP contribution in [0.3, 0.4) is 0 Å². The van der Waals surface area contributed by atoms with Crippen molar-refractivity contribution in [2.24, 2.45) is 5.73 Å². The van der Waals surface area contributed by atoms with Crippen molar-refractivity contribution in [3.63, 3.8) is 0 Å². The van der Waals surface area contributed by atoms with Crippen molar-refractivity contribution >= 4 is 5.91 Å². The van der Waals surface area contributed by atoms with E-state index in [0.717, 1.165) is 5.56 Å². The Balaban J connectivity index is 1.79. The number of carbonyl (C=O) groups excluding carboxylic acids is 1. The van der Waals surface area contributed by atoms with Crippen LogP contribution in [0.25, 0.3) is 0 Å². The monoisotopic (exact) mass is 271 g/mol. The summed E-state index contributed by atoms with van der Waals surface area (Å²) in [5.74, 6) is -0.255. The second-order valence-electron chi connectivity index (χ2n) is 4.60. The molecule has 0 saturated heterocycles. The third-order valence-electron chi connectivity index (χ3n) is 3.10. The summed E-state index contributed by atoms with van der Waals surface area (Å²) in [5.41, 5.74) is 6.86. The SMILES string of the molecule is N#C[C@@H]1C=CCN1C(=O)C(N)COCc1ccccc1. The number of carbonyl (C=O) groups is 1. The van der Waals surface area contributed by atoms with E-state index in [0.29, 0.717) is 13.2 Å². The lowest BCUT2D eigenvalue weighted by molar-refractivity contribution is -0.133. The van der Waals surface area contributed by atoms with Gasteiger partial charge in [-0.3, -0.25) is 4.79 Å². The maximum Gasteiger partial charge on any atom is 0.243 e. The standard InChI is InChI=1S/C15H17N3O2/c16-9-13-7-4-8-18(13)15(19)14(17)11-20-10-12-5-2-1-3-6-12/h1-7,13-14H,8,10-11,17H2/t13-,14?/m0/s1. The molecule has 104 valence electrons. The first-order valence-corrected chi connectivity index (χ1v) is 6.46. The Hall–Kier alpha value is -2.16. The molecule has 1 amide bonds. The van der Waals surface area contributed by atoms with Crippen LogP contribution >= 0.6 is 0 Å². The van der Waals surface area contributed by atoms with Crippen molar-refractivity contribution < 1.29 is 9.53 Å². The molecule has 1 heterocycles. The number of nitriles is 1. The molecule has 0 saturated carbocycles. The number of benzene rings is 1. The molecular formula is C15H17N3O2. The molecule has 20 heavy (non-hydrogen) atoms. The van der Waals surface area contributed by atoms with Gasteiger partial charge in [0, 0.05) is 6.54 Å². The zero-order valence-corrected chi connectivity index (χ0v) is 11.1. The molecule has 2 rings (SSSR count). The fourth-order valence-corrected chi connectivity index (χ4v) is 2.02. The van der Waals surface area contributed by atoms with E-state index in [1.165, 1.54) is 4.90 Å². The van der Waals surface area contributed by atoms with Crippen LogP contribution < -0.4 is 5.73 Å². The smallest absolute Gasteiger partial charge is 0.243 e. The van der Waals surface area contributed by atoms with E-state index in [2.05, 4.69) is 6.07 Å². The van der Waals surface area contributed by atoms with Crippen LogP contribution in [-0.4, -0.2) is 36.0 Å². The third-order valence-corrected chi connectivity index (χ3v) is 3.10. The van der Waals surface area contributed by atoms with Crippen LogP contribution in [0.4, 0.5) is 0 Å². The van der Waals surface area contributed by atoms with Crippen molar-refractivity contribution in [2.75, 3.05) is 13.2 Å². The molecule has 0 bridgehead atoms. The first-order valence-electron chi connectivity index (χ1n) is 6.46. The van der Waals surface area contributed by atoms with Gasteiger partial charge in [-0.2, -0.15) is 5.26 Å². The topological polar surface area (TPSA) is 79.4 Å². The van der Waals surface area contributed by atoms with Gasteiger partial charge in [-0.1, -0.05) is 36.4 Å². The lowest BCUT2D eigenvalue weighted by Crippen LogP contribution is -2.48. The summed E-state index contributed by atoms with van der Waals surface area (Å²) in [6.07, 6.45) is 3.50. The van der Waals surface area contributed by atoms with Crippen LogP contribution in [0.5, 0.6) is 0 Å². The van der Waals surface area contributed by atoms with E-state index < -0.39 is 12.1 Å². The summed E-state index contributed by atoms with van der Waals surface area (Å²) in [6.45, 7) is 0.994. The highest BCUT2D eigenvalue weighted by molar-refractivity contribution is 5.83. The lowest BCUT2D eigenvalue weighted by atomic mass is 10.2. The molecule has 2 N–H and O–H groups in total. The van der Waals surface area contributed by atoms with Crippen LogP contribution in [0, 0.1) is 11.3 Å². The molecule has 0 aromatic heterocycles. The van der Waals surface area contributed by atoms with Gasteiger partial charge in [0.15, 0.2) is 0 Å². The molecule has 1 aromatic rings. The Bertz CT molecular complexity index is 522. The zero-order valence-electron chi connectivity index (χ0n) is 11.1. The highest BCUT2D eigenvalue weighted by atomic mass is 16.5. The quantitative estimate of drug-likeness (QED) is 0.804. The highest BCUT2D eigenvalue weighted by Gasteiger charge is 2.28. The van der Waals surface area contributed by atoms with Crippen LogP contribution in [0.2, 0.25) is 0 Å². The summed E-state index contributed by atoms with van der Waals surface area (Å²) in [4.78, 5) is 13.5. The highest BCUT2D eigenvalue weighted by Crippen LogP contribution is 2.10. The van der Waals surface area contributed by atoms with Gasteiger partial charge in [0.1, 0.15) is 12.1 Å². The summed E-state index contributed by atoms with van der Waals surface area (Å²) in [5, 5.41) is 8.92. The number of amides is 1. The summed E-state index contributed by atoms with van der Waals surface area (Å²) in [6, 6.07) is 10.5. The maximum absolute atomic E-state index is 12.1. The third kappa shape index (κ3) is 3.44. The van der Waals surface area contributed by atoms with E-state index in [1.54, 1.807) is 12.2 Å². The molecule has 1 aliphatic heterocycles. The van der Waals surface area contributed by atoms with Gasteiger partial charge in [-0.25, -0.2) is 0 Å². The summed E-state index contributed by atoms with van der Waals surface area (Å²) >= 11 is 0. The predicted molar refractivity (Wildman–Crippen MR) is 74.3 cm³/mol. The first-order chi connectivity index (χ1) is 9.72. The molecule has 0 fully saturated rings. The zero-order chi connectivity index (χ0) is 14.4. The van der Waals surface area contributed by atoms with Crippen molar-refractivity contribution in [3.05, 3.63) is 48.0 Å². The first kappa shape index (κ1) is 14.3. The molecular weight excluding hydrogens is 254 g/mol. The molecule has 2 atom stereocenters. The summed E-state index contributed by atoms with van der Waals surface area (Å²) < 4.78 is 5.46. The van der Waals surface area contributed by atoms with Crippen LogP contribution in [-0.2, 0) is 16.1 Å². The molecule has 0 radical (unpaired) electrons. The van der Waals surface area contributed by atoms with E-state index >= 15 is 0 Å². The second-order valence-corrected chi connectivity index (χ2v) is 4.60. The Kier molecular flexibility index (Phi) is 4.88. The Morgan fingerprint density at radius 3 is 2.95 bits per heavy atom. The normalized spacial score (nSPS) is 18.8. The molecule has 5 nitrogen and oxygen atoms in total. The van der Waals surface area contributed by atoms with Crippen molar-refractivity contribution in [1.82, 2.24) is 4.90 Å².